The lowest BCUT2D eigenvalue weighted by Crippen LogP contribution is -2.07. The Morgan fingerprint density at radius 1 is 1.47 bits per heavy atom. The van der Waals surface area contributed by atoms with Gasteiger partial charge >= 0.3 is 5.97 Å². The highest BCUT2D eigenvalue weighted by Crippen LogP contribution is 2.48. The fraction of sp³-hybridized carbons (Fsp3) is 0.417. The van der Waals surface area contributed by atoms with Crippen molar-refractivity contribution in [2.45, 2.75) is 19.3 Å². The number of hydrogen-bond donors (Lipinski definition) is 1. The van der Waals surface area contributed by atoms with Crippen molar-refractivity contribution in [2.24, 2.45) is 5.92 Å². The van der Waals surface area contributed by atoms with Gasteiger partial charge < -0.3 is 9.84 Å². The van der Waals surface area contributed by atoms with Gasteiger partial charge in [0.1, 0.15) is 5.75 Å². The summed E-state index contributed by atoms with van der Waals surface area (Å²) in [4.78, 5) is 11.4. The zero-order valence-electron chi connectivity index (χ0n) is 8.64. The van der Waals surface area contributed by atoms with Crippen LogP contribution in [0.5, 0.6) is 5.75 Å². The summed E-state index contributed by atoms with van der Waals surface area (Å²) in [5.41, 5.74) is 1.10. The molecule has 2 rings (SSSR count). The highest BCUT2D eigenvalue weighted by Gasteiger charge is 2.44. The monoisotopic (exact) mass is 206 g/mol. The van der Waals surface area contributed by atoms with E-state index in [9.17, 15) is 4.79 Å². The van der Waals surface area contributed by atoms with Gasteiger partial charge in [-0.05, 0) is 37.0 Å². The van der Waals surface area contributed by atoms with E-state index in [1.165, 1.54) is 0 Å². The highest BCUT2D eigenvalue weighted by atomic mass is 16.5. The van der Waals surface area contributed by atoms with Crippen LogP contribution in [0.4, 0.5) is 0 Å². The molecule has 0 spiro atoms. The minimum Gasteiger partial charge on any atom is -0.508 e. The molecule has 15 heavy (non-hydrogen) atoms. The van der Waals surface area contributed by atoms with Crippen molar-refractivity contribution in [2.75, 3.05) is 6.61 Å². The van der Waals surface area contributed by atoms with Gasteiger partial charge in [-0.1, -0.05) is 12.1 Å². The van der Waals surface area contributed by atoms with E-state index in [1.807, 2.05) is 19.1 Å². The lowest BCUT2D eigenvalue weighted by molar-refractivity contribution is -0.144. The molecule has 0 saturated heterocycles. The quantitative estimate of drug-likeness (QED) is 0.770. The third-order valence-corrected chi connectivity index (χ3v) is 2.70. The molecule has 3 heteroatoms. The van der Waals surface area contributed by atoms with Crippen molar-refractivity contribution in [3.8, 4) is 5.75 Å². The van der Waals surface area contributed by atoms with E-state index in [1.54, 1.807) is 12.1 Å². The molecule has 1 fully saturated rings. The van der Waals surface area contributed by atoms with Crippen LogP contribution in [-0.2, 0) is 9.53 Å². The standard InChI is InChI=1S/C12H14O3/c1-2-15-12(14)11-7-10(11)8-3-5-9(13)6-4-8/h3-6,10-11,13H,2,7H2,1H3/t10-,11?/m0/s1. The fourth-order valence-corrected chi connectivity index (χ4v) is 1.79. The zero-order chi connectivity index (χ0) is 10.8. The maximum absolute atomic E-state index is 11.4. The Hall–Kier alpha value is -1.51. The summed E-state index contributed by atoms with van der Waals surface area (Å²) in [6, 6.07) is 7.02. The van der Waals surface area contributed by atoms with Crippen molar-refractivity contribution in [1.82, 2.24) is 0 Å². The van der Waals surface area contributed by atoms with Crippen LogP contribution in [0, 0.1) is 5.92 Å². The second-order valence-electron chi connectivity index (χ2n) is 3.79. The second-order valence-corrected chi connectivity index (χ2v) is 3.79. The zero-order valence-corrected chi connectivity index (χ0v) is 8.64. The third kappa shape index (κ3) is 2.12. The summed E-state index contributed by atoms with van der Waals surface area (Å²) in [5, 5.41) is 9.13. The minimum absolute atomic E-state index is 0.0227. The van der Waals surface area contributed by atoms with Gasteiger partial charge in [-0.25, -0.2) is 0 Å². The molecule has 80 valence electrons. The average molecular weight is 206 g/mol. The van der Waals surface area contributed by atoms with Crippen LogP contribution in [0.1, 0.15) is 24.8 Å². The maximum Gasteiger partial charge on any atom is 0.309 e. The van der Waals surface area contributed by atoms with Crippen molar-refractivity contribution < 1.29 is 14.6 Å². The molecule has 1 aromatic rings. The van der Waals surface area contributed by atoms with Gasteiger partial charge in [0.15, 0.2) is 0 Å². The van der Waals surface area contributed by atoms with Gasteiger partial charge in [0, 0.05) is 0 Å². The summed E-state index contributed by atoms with van der Waals surface area (Å²) in [6.07, 6.45) is 0.865. The summed E-state index contributed by atoms with van der Waals surface area (Å²) in [7, 11) is 0. The summed E-state index contributed by atoms with van der Waals surface area (Å²) >= 11 is 0. The van der Waals surface area contributed by atoms with Crippen LogP contribution in [0.2, 0.25) is 0 Å². The van der Waals surface area contributed by atoms with Crippen molar-refractivity contribution in [1.29, 1.82) is 0 Å². The number of phenolic OH excluding ortho intramolecular Hbond substituents is 1. The Labute approximate surface area is 88.7 Å². The fourth-order valence-electron chi connectivity index (χ4n) is 1.79. The molecule has 1 unspecified atom stereocenters. The number of phenols is 1. The molecular weight excluding hydrogens is 192 g/mol. The van der Waals surface area contributed by atoms with Gasteiger partial charge in [-0.15, -0.1) is 0 Å². The van der Waals surface area contributed by atoms with Crippen LogP contribution >= 0.6 is 0 Å². The summed E-state index contributed by atoms with van der Waals surface area (Å²) < 4.78 is 4.95. The van der Waals surface area contributed by atoms with Crippen LogP contribution < -0.4 is 0 Å². The van der Waals surface area contributed by atoms with Gasteiger partial charge in [0.2, 0.25) is 0 Å². The van der Waals surface area contributed by atoms with Crippen LogP contribution in [0.15, 0.2) is 24.3 Å². The van der Waals surface area contributed by atoms with E-state index < -0.39 is 0 Å². The SMILES string of the molecule is CCOC(=O)C1C[C@H]1c1ccc(O)cc1. The number of ether oxygens (including phenoxy) is 1. The number of rotatable bonds is 3. The first kappa shape index (κ1) is 10.0. The Kier molecular flexibility index (Phi) is 2.62. The lowest BCUT2D eigenvalue weighted by atomic mass is 10.1. The van der Waals surface area contributed by atoms with Gasteiger partial charge in [-0.2, -0.15) is 0 Å². The predicted octanol–water partition coefficient (Wildman–Crippen LogP) is 2.06. The number of esters is 1. The Bertz CT molecular complexity index is 356. The number of carbonyl (C=O) groups excluding carboxylic acids is 1. The highest BCUT2D eigenvalue weighted by molar-refractivity contribution is 5.77. The summed E-state index contributed by atoms with van der Waals surface area (Å²) in [6.45, 7) is 2.26. The van der Waals surface area contributed by atoms with Gasteiger partial charge in [-0.3, -0.25) is 4.79 Å². The molecule has 0 radical (unpaired) electrons. The second kappa shape index (κ2) is 3.93. The molecule has 0 bridgehead atoms. The Balaban J connectivity index is 1.98. The topological polar surface area (TPSA) is 46.5 Å². The molecule has 0 aromatic heterocycles. The van der Waals surface area contributed by atoms with Crippen LogP contribution in [0.25, 0.3) is 0 Å². The molecule has 1 aromatic carbocycles. The first-order valence-electron chi connectivity index (χ1n) is 5.18. The Morgan fingerprint density at radius 2 is 2.13 bits per heavy atom. The van der Waals surface area contributed by atoms with E-state index in [0.29, 0.717) is 6.61 Å². The first-order chi connectivity index (χ1) is 7.22. The molecule has 1 aliphatic carbocycles. The maximum atomic E-state index is 11.4. The predicted molar refractivity (Wildman–Crippen MR) is 55.6 cm³/mol. The van der Waals surface area contributed by atoms with Gasteiger partial charge in [0.25, 0.3) is 0 Å². The van der Waals surface area contributed by atoms with E-state index in [-0.39, 0.29) is 23.6 Å². The van der Waals surface area contributed by atoms with E-state index in [0.717, 1.165) is 12.0 Å². The normalized spacial score (nSPS) is 23.5. The van der Waals surface area contributed by atoms with Crippen LogP contribution in [0.3, 0.4) is 0 Å². The molecule has 1 aliphatic rings. The molecule has 0 amide bonds. The largest absolute Gasteiger partial charge is 0.508 e. The van der Waals surface area contributed by atoms with Crippen molar-refractivity contribution in [3.63, 3.8) is 0 Å². The van der Waals surface area contributed by atoms with Crippen molar-refractivity contribution >= 4 is 5.97 Å². The van der Waals surface area contributed by atoms with Crippen molar-refractivity contribution in [3.05, 3.63) is 29.8 Å². The van der Waals surface area contributed by atoms with E-state index >= 15 is 0 Å². The lowest BCUT2D eigenvalue weighted by Gasteiger charge is -2.01. The van der Waals surface area contributed by atoms with E-state index in [2.05, 4.69) is 0 Å². The molecule has 3 nitrogen and oxygen atoms in total. The van der Waals surface area contributed by atoms with Gasteiger partial charge in [0.05, 0.1) is 12.5 Å². The molecular formula is C12H14O3. The minimum atomic E-state index is -0.101. The molecule has 1 N–H and O–H groups in total. The number of hydrogen-bond acceptors (Lipinski definition) is 3. The van der Waals surface area contributed by atoms with E-state index in [4.69, 9.17) is 9.84 Å². The first-order valence-corrected chi connectivity index (χ1v) is 5.18. The molecule has 0 aliphatic heterocycles. The number of carbonyl (C=O) groups is 1. The average Bonchev–Trinajstić information content (AvgIpc) is 2.99. The van der Waals surface area contributed by atoms with Crippen LogP contribution in [-0.4, -0.2) is 17.7 Å². The molecule has 0 heterocycles. The Morgan fingerprint density at radius 3 is 2.73 bits per heavy atom. The summed E-state index contributed by atoms with van der Waals surface area (Å²) in [5.74, 6) is 0.460. The number of aromatic hydroxyl groups is 1. The third-order valence-electron chi connectivity index (χ3n) is 2.70. The number of benzene rings is 1. The molecule has 2 atom stereocenters. The molecule has 1 saturated carbocycles. The smallest absolute Gasteiger partial charge is 0.309 e.